The Morgan fingerprint density at radius 3 is 2.37 bits per heavy atom. The highest BCUT2D eigenvalue weighted by atomic mass is 35.5. The molecule has 10 heteroatoms. The number of nitrogens with zero attached hydrogens (tertiary/aromatic N) is 3. The zero-order chi connectivity index (χ0) is 25.2. The highest BCUT2D eigenvalue weighted by Gasteiger charge is 2.33. The lowest BCUT2D eigenvalue weighted by Crippen LogP contribution is -2.10. The van der Waals surface area contributed by atoms with E-state index >= 15 is 0 Å². The fourth-order valence-corrected chi connectivity index (χ4v) is 3.95. The molecule has 0 saturated heterocycles. The fraction of sp³-hybridized carbons (Fsp3) is 0.160. The quantitative estimate of drug-likeness (QED) is 0.265. The molecule has 0 atom stereocenters. The van der Waals surface area contributed by atoms with Crippen LogP contribution in [0.25, 0.3) is 11.3 Å². The van der Waals surface area contributed by atoms with Gasteiger partial charge in [0, 0.05) is 43.9 Å². The Kier molecular flexibility index (Phi) is 7.14. The van der Waals surface area contributed by atoms with E-state index in [9.17, 15) is 18.0 Å². The maximum atomic E-state index is 13.0. The minimum absolute atomic E-state index is 0.0609. The Morgan fingerprint density at radius 1 is 1.03 bits per heavy atom. The molecule has 0 bridgehead atoms. The summed E-state index contributed by atoms with van der Waals surface area (Å²) in [7, 11) is 1.79. The summed E-state index contributed by atoms with van der Waals surface area (Å²) in [6, 6.07) is 11.9. The van der Waals surface area contributed by atoms with Crippen LogP contribution < -0.4 is 4.74 Å². The number of rotatable bonds is 7. The van der Waals surface area contributed by atoms with Crippen LogP contribution in [0.2, 0.25) is 10.0 Å². The van der Waals surface area contributed by atoms with E-state index < -0.39 is 16.8 Å². The standard InChI is InChI=1S/C25H18Cl2F3N3O2/c1-33-14-17(13-32-33)24-23(27)22(8-9-31-24)35-19-5-2-15(3-6-19)10-18(34)11-16-4-7-21(26)20(12-16)25(28,29)30/h2-9,12-14H,10-11H2,1H3. The Labute approximate surface area is 209 Å². The van der Waals surface area contributed by atoms with Crippen LogP contribution >= 0.6 is 23.2 Å². The van der Waals surface area contributed by atoms with Crippen molar-refractivity contribution in [3.05, 3.63) is 93.9 Å². The molecule has 5 nitrogen and oxygen atoms in total. The van der Waals surface area contributed by atoms with Crippen molar-refractivity contribution < 1.29 is 22.7 Å². The van der Waals surface area contributed by atoms with Crippen LogP contribution in [-0.2, 0) is 30.9 Å². The van der Waals surface area contributed by atoms with Crippen molar-refractivity contribution in [1.29, 1.82) is 0 Å². The number of ether oxygens (including phenoxy) is 1. The minimum Gasteiger partial charge on any atom is -0.456 e. The molecule has 0 aliphatic carbocycles. The molecule has 0 radical (unpaired) electrons. The predicted molar refractivity (Wildman–Crippen MR) is 127 cm³/mol. The van der Waals surface area contributed by atoms with Crippen molar-refractivity contribution in [2.24, 2.45) is 7.05 Å². The van der Waals surface area contributed by atoms with Crippen LogP contribution in [0.1, 0.15) is 16.7 Å². The summed E-state index contributed by atoms with van der Waals surface area (Å²) in [5.74, 6) is 0.680. The number of Topliss-reactive ketones (excluding diaryl/α,β-unsaturated/α-hetero) is 1. The van der Waals surface area contributed by atoms with Crippen LogP contribution in [0.4, 0.5) is 13.2 Å². The number of hydrogen-bond donors (Lipinski definition) is 0. The fourth-order valence-electron chi connectivity index (χ4n) is 3.47. The van der Waals surface area contributed by atoms with Gasteiger partial charge in [-0.1, -0.05) is 41.4 Å². The predicted octanol–water partition coefficient (Wildman–Crippen LogP) is 6.95. The summed E-state index contributed by atoms with van der Waals surface area (Å²) in [5, 5.41) is 4.06. The van der Waals surface area contributed by atoms with E-state index in [2.05, 4.69) is 10.1 Å². The molecule has 180 valence electrons. The number of alkyl halides is 3. The van der Waals surface area contributed by atoms with Crippen LogP contribution in [0.15, 0.2) is 67.1 Å². The summed E-state index contributed by atoms with van der Waals surface area (Å²) < 4.78 is 46.7. The van der Waals surface area contributed by atoms with Gasteiger partial charge in [0.05, 0.1) is 22.5 Å². The van der Waals surface area contributed by atoms with E-state index in [1.165, 1.54) is 6.07 Å². The first-order chi connectivity index (χ1) is 16.6. The molecule has 0 spiro atoms. The van der Waals surface area contributed by atoms with Crippen molar-refractivity contribution in [2.45, 2.75) is 19.0 Å². The highest BCUT2D eigenvalue weighted by Crippen LogP contribution is 2.36. The van der Waals surface area contributed by atoms with E-state index in [1.54, 1.807) is 60.7 Å². The van der Waals surface area contributed by atoms with Crippen LogP contribution in [-0.4, -0.2) is 20.5 Å². The molecule has 0 N–H and O–H groups in total. The second kappa shape index (κ2) is 10.1. The second-order valence-corrected chi connectivity index (χ2v) is 8.61. The van der Waals surface area contributed by atoms with Gasteiger partial charge in [-0.2, -0.15) is 18.3 Å². The number of carbonyl (C=O) groups excluding carboxylic acids is 1. The first-order valence-corrected chi connectivity index (χ1v) is 11.1. The molecule has 0 saturated carbocycles. The van der Waals surface area contributed by atoms with E-state index in [4.69, 9.17) is 27.9 Å². The largest absolute Gasteiger partial charge is 0.456 e. The van der Waals surface area contributed by atoms with Gasteiger partial charge in [-0.05, 0) is 35.4 Å². The Hall–Kier alpha value is -3.36. The molecule has 2 aromatic heterocycles. The zero-order valence-electron chi connectivity index (χ0n) is 18.3. The lowest BCUT2D eigenvalue weighted by atomic mass is 10.0. The molecule has 0 amide bonds. The Bertz CT molecular complexity index is 1370. The van der Waals surface area contributed by atoms with Crippen LogP contribution in [0.3, 0.4) is 0 Å². The van der Waals surface area contributed by atoms with Crippen molar-refractivity contribution in [3.8, 4) is 22.8 Å². The summed E-state index contributed by atoms with van der Waals surface area (Å²) in [5.41, 5.74) is 1.29. The minimum atomic E-state index is -4.58. The third kappa shape index (κ3) is 6.01. The number of benzene rings is 2. The molecule has 2 aromatic carbocycles. The molecular formula is C25H18Cl2F3N3O2. The smallest absolute Gasteiger partial charge is 0.417 e. The average molecular weight is 520 g/mol. The van der Waals surface area contributed by atoms with Gasteiger partial charge in [0.25, 0.3) is 0 Å². The van der Waals surface area contributed by atoms with Gasteiger partial charge in [0.1, 0.15) is 22.3 Å². The normalized spacial score (nSPS) is 11.5. The maximum Gasteiger partial charge on any atom is 0.417 e. The number of carbonyl (C=O) groups is 1. The van der Waals surface area contributed by atoms with Crippen molar-refractivity contribution in [1.82, 2.24) is 14.8 Å². The van der Waals surface area contributed by atoms with Gasteiger partial charge in [-0.15, -0.1) is 0 Å². The molecule has 2 heterocycles. The first kappa shape index (κ1) is 24.8. The summed E-state index contributed by atoms with van der Waals surface area (Å²) in [4.78, 5) is 16.7. The molecule has 4 aromatic rings. The lowest BCUT2D eigenvalue weighted by molar-refractivity contribution is -0.137. The first-order valence-electron chi connectivity index (χ1n) is 10.4. The number of pyridine rings is 1. The Balaban J connectivity index is 1.42. The van der Waals surface area contributed by atoms with Gasteiger partial charge in [-0.25, -0.2) is 0 Å². The number of ketones is 1. The van der Waals surface area contributed by atoms with Gasteiger partial charge in [0.2, 0.25) is 0 Å². The van der Waals surface area contributed by atoms with Crippen molar-refractivity contribution >= 4 is 29.0 Å². The Morgan fingerprint density at radius 2 is 1.71 bits per heavy atom. The van der Waals surface area contributed by atoms with E-state index in [0.29, 0.717) is 27.8 Å². The van der Waals surface area contributed by atoms with Crippen LogP contribution in [0, 0.1) is 0 Å². The molecule has 35 heavy (non-hydrogen) atoms. The molecule has 0 fully saturated rings. The number of aryl methyl sites for hydroxylation is 1. The lowest BCUT2D eigenvalue weighted by Gasteiger charge is -2.11. The number of halogens is 5. The zero-order valence-corrected chi connectivity index (χ0v) is 19.8. The monoisotopic (exact) mass is 519 g/mol. The SMILES string of the molecule is Cn1cc(-c2nccc(Oc3ccc(CC(=O)Cc4ccc(Cl)c(C(F)(F)F)c4)cc3)c2Cl)cn1. The second-order valence-electron chi connectivity index (χ2n) is 7.82. The van der Waals surface area contributed by atoms with E-state index in [0.717, 1.165) is 17.7 Å². The number of aromatic nitrogens is 3. The summed E-state index contributed by atoms with van der Waals surface area (Å²) in [6.45, 7) is 0. The third-order valence-corrected chi connectivity index (χ3v) is 5.82. The van der Waals surface area contributed by atoms with Gasteiger partial charge in [0.15, 0.2) is 0 Å². The van der Waals surface area contributed by atoms with Crippen LogP contribution in [0.5, 0.6) is 11.5 Å². The van der Waals surface area contributed by atoms with Gasteiger partial charge in [-0.3, -0.25) is 14.5 Å². The topological polar surface area (TPSA) is 57.0 Å². The number of hydrogen-bond acceptors (Lipinski definition) is 4. The molecule has 4 rings (SSSR count). The highest BCUT2D eigenvalue weighted by molar-refractivity contribution is 6.34. The summed E-state index contributed by atoms with van der Waals surface area (Å²) in [6.07, 6.45) is 0.364. The summed E-state index contributed by atoms with van der Waals surface area (Å²) >= 11 is 12.1. The van der Waals surface area contributed by atoms with Gasteiger partial charge >= 0.3 is 6.18 Å². The third-order valence-electron chi connectivity index (χ3n) is 5.12. The molecular weight excluding hydrogens is 502 g/mol. The maximum absolute atomic E-state index is 13.0. The molecule has 0 unspecified atom stereocenters. The van der Waals surface area contributed by atoms with Crippen molar-refractivity contribution in [3.63, 3.8) is 0 Å². The van der Waals surface area contributed by atoms with Crippen molar-refractivity contribution in [2.75, 3.05) is 0 Å². The van der Waals surface area contributed by atoms with Gasteiger partial charge < -0.3 is 4.74 Å². The molecule has 0 aliphatic rings. The molecule has 0 aliphatic heterocycles. The van der Waals surface area contributed by atoms with E-state index in [1.807, 2.05) is 0 Å². The average Bonchev–Trinajstić information content (AvgIpc) is 3.23. The van der Waals surface area contributed by atoms with E-state index in [-0.39, 0.29) is 24.2 Å².